The monoisotopic (exact) mass is 191 g/mol. The molecule has 0 radical (unpaired) electrons. The maximum Gasteiger partial charge on any atom is 0.332 e. The minimum absolute atomic E-state index is 0.292. The van der Waals surface area contributed by atoms with Gasteiger partial charge in [-0.2, -0.15) is 5.10 Å². The molecule has 0 heterocycles. The van der Waals surface area contributed by atoms with Crippen LogP contribution in [0.25, 0.3) is 0 Å². The number of rotatable bonds is 3. The van der Waals surface area contributed by atoms with Gasteiger partial charge in [0, 0.05) is 5.56 Å². The van der Waals surface area contributed by atoms with Crippen molar-refractivity contribution in [3.05, 3.63) is 35.9 Å². The molecule has 14 heavy (non-hydrogen) atoms. The van der Waals surface area contributed by atoms with E-state index in [2.05, 4.69) is 5.10 Å². The van der Waals surface area contributed by atoms with Crippen LogP contribution in [-0.4, -0.2) is 18.0 Å². The van der Waals surface area contributed by atoms with Crippen molar-refractivity contribution in [1.29, 1.82) is 0 Å². The van der Waals surface area contributed by atoms with Gasteiger partial charge < -0.3 is 5.73 Å². The van der Waals surface area contributed by atoms with Gasteiger partial charge in [0.2, 0.25) is 5.78 Å². The summed E-state index contributed by atoms with van der Waals surface area (Å²) < 4.78 is 0. The summed E-state index contributed by atoms with van der Waals surface area (Å²) in [5.41, 5.74) is 7.18. The van der Waals surface area contributed by atoms with Crippen LogP contribution in [0, 0.1) is 0 Å². The first kappa shape index (κ1) is 9.91. The number of amides is 2. The minimum Gasteiger partial charge on any atom is -0.350 e. The van der Waals surface area contributed by atoms with E-state index in [1.807, 2.05) is 5.43 Å². The molecule has 5 nitrogen and oxygen atoms in total. The first-order valence-electron chi connectivity index (χ1n) is 3.88. The molecule has 0 saturated carbocycles. The molecule has 0 atom stereocenters. The number of primary amides is 1. The summed E-state index contributed by atoms with van der Waals surface area (Å²) in [6.07, 6.45) is 1.00. The highest BCUT2D eigenvalue weighted by atomic mass is 16.2. The second-order valence-corrected chi connectivity index (χ2v) is 2.46. The van der Waals surface area contributed by atoms with Crippen molar-refractivity contribution in [3.63, 3.8) is 0 Å². The van der Waals surface area contributed by atoms with Gasteiger partial charge in [-0.05, 0) is 0 Å². The predicted octanol–water partition coefficient (Wildman–Crippen LogP) is 0.523. The molecule has 1 aromatic carbocycles. The van der Waals surface area contributed by atoms with Crippen LogP contribution in [0.5, 0.6) is 0 Å². The Morgan fingerprint density at radius 2 is 1.93 bits per heavy atom. The number of benzene rings is 1. The molecule has 0 aliphatic heterocycles. The van der Waals surface area contributed by atoms with Crippen LogP contribution in [0.3, 0.4) is 0 Å². The quantitative estimate of drug-likeness (QED) is 0.414. The first-order chi connectivity index (χ1) is 6.70. The average molecular weight is 191 g/mol. The number of urea groups is 1. The van der Waals surface area contributed by atoms with E-state index in [0.717, 1.165) is 6.21 Å². The van der Waals surface area contributed by atoms with Gasteiger partial charge >= 0.3 is 6.03 Å². The summed E-state index contributed by atoms with van der Waals surface area (Å²) in [6.45, 7) is 0. The van der Waals surface area contributed by atoms with Gasteiger partial charge in [-0.25, -0.2) is 10.2 Å². The number of nitrogens with two attached hydrogens (primary N) is 1. The number of ketones is 1. The lowest BCUT2D eigenvalue weighted by Crippen LogP contribution is -2.24. The van der Waals surface area contributed by atoms with Gasteiger partial charge in [0.05, 0.1) is 6.21 Å². The Morgan fingerprint density at radius 1 is 1.29 bits per heavy atom. The standard InChI is InChI=1S/C9H9N3O2/c10-9(14)12-11-6-8(13)7-4-2-1-3-5-7/h1-6H,(H3,10,12,14). The summed E-state index contributed by atoms with van der Waals surface area (Å²) in [6, 6.07) is 7.78. The van der Waals surface area contributed by atoms with Crippen LogP contribution in [0.15, 0.2) is 35.4 Å². The number of hydrazone groups is 1. The zero-order chi connectivity index (χ0) is 10.4. The number of hydrogen-bond acceptors (Lipinski definition) is 3. The summed E-state index contributed by atoms with van der Waals surface area (Å²) >= 11 is 0. The van der Waals surface area contributed by atoms with Crippen molar-refractivity contribution in [3.8, 4) is 0 Å². The van der Waals surface area contributed by atoms with Crippen LogP contribution < -0.4 is 11.2 Å². The fraction of sp³-hybridized carbons (Fsp3) is 0. The summed E-state index contributed by atoms with van der Waals surface area (Å²) in [5, 5.41) is 3.35. The molecule has 0 unspecified atom stereocenters. The third kappa shape index (κ3) is 3.06. The number of Topliss-reactive ketones (excluding diaryl/α,β-unsaturated/α-hetero) is 1. The van der Waals surface area contributed by atoms with E-state index in [1.54, 1.807) is 30.3 Å². The number of carbonyl (C=O) groups excluding carboxylic acids is 2. The van der Waals surface area contributed by atoms with Crippen molar-refractivity contribution < 1.29 is 9.59 Å². The molecule has 0 aromatic heterocycles. The van der Waals surface area contributed by atoms with Gasteiger partial charge in [-0.1, -0.05) is 30.3 Å². The molecule has 0 fully saturated rings. The molecule has 0 aliphatic carbocycles. The Morgan fingerprint density at radius 3 is 2.50 bits per heavy atom. The van der Waals surface area contributed by atoms with Crippen molar-refractivity contribution in [2.24, 2.45) is 10.8 Å². The van der Waals surface area contributed by atoms with E-state index in [9.17, 15) is 9.59 Å². The van der Waals surface area contributed by atoms with E-state index in [-0.39, 0.29) is 5.78 Å². The Labute approximate surface area is 80.6 Å². The molecular weight excluding hydrogens is 182 g/mol. The van der Waals surface area contributed by atoms with Gasteiger partial charge in [0.25, 0.3) is 0 Å². The van der Waals surface area contributed by atoms with E-state index in [1.165, 1.54) is 0 Å². The van der Waals surface area contributed by atoms with Crippen LogP contribution in [0.2, 0.25) is 0 Å². The fourth-order valence-electron chi connectivity index (χ4n) is 0.831. The molecule has 3 N–H and O–H groups in total. The van der Waals surface area contributed by atoms with Gasteiger partial charge in [0.15, 0.2) is 0 Å². The number of nitrogens with zero attached hydrogens (tertiary/aromatic N) is 1. The molecule has 5 heteroatoms. The lowest BCUT2D eigenvalue weighted by Gasteiger charge is -1.93. The average Bonchev–Trinajstić information content (AvgIpc) is 2.18. The van der Waals surface area contributed by atoms with Gasteiger partial charge in [0.1, 0.15) is 0 Å². The number of nitrogens with one attached hydrogen (secondary N) is 1. The molecule has 0 spiro atoms. The maximum atomic E-state index is 11.3. The van der Waals surface area contributed by atoms with Crippen LogP contribution in [0.1, 0.15) is 10.4 Å². The number of carbonyl (C=O) groups is 2. The maximum absolute atomic E-state index is 11.3. The molecule has 0 aliphatic rings. The topological polar surface area (TPSA) is 84.6 Å². The summed E-state index contributed by atoms with van der Waals surface area (Å²) in [4.78, 5) is 21.5. The Hall–Kier alpha value is -2.17. The summed E-state index contributed by atoms with van der Waals surface area (Å²) in [7, 11) is 0. The fourth-order valence-corrected chi connectivity index (χ4v) is 0.831. The van der Waals surface area contributed by atoms with Crippen molar-refractivity contribution in [2.45, 2.75) is 0 Å². The molecular formula is C9H9N3O2. The molecule has 0 bridgehead atoms. The van der Waals surface area contributed by atoms with Crippen molar-refractivity contribution in [1.82, 2.24) is 5.43 Å². The van der Waals surface area contributed by atoms with E-state index >= 15 is 0 Å². The SMILES string of the molecule is NC(=O)NN=CC(=O)c1ccccc1. The highest BCUT2D eigenvalue weighted by Gasteiger charge is 1.99. The van der Waals surface area contributed by atoms with Gasteiger partial charge in [-0.15, -0.1) is 0 Å². The highest BCUT2D eigenvalue weighted by molar-refractivity contribution is 6.35. The zero-order valence-corrected chi connectivity index (χ0v) is 7.31. The highest BCUT2D eigenvalue weighted by Crippen LogP contribution is 1.97. The zero-order valence-electron chi connectivity index (χ0n) is 7.31. The van der Waals surface area contributed by atoms with Gasteiger partial charge in [-0.3, -0.25) is 4.79 Å². The Bertz CT molecular complexity index is 360. The Balaban J connectivity index is 2.59. The predicted molar refractivity (Wildman–Crippen MR) is 52.0 cm³/mol. The van der Waals surface area contributed by atoms with E-state index in [0.29, 0.717) is 5.56 Å². The third-order valence-corrected chi connectivity index (χ3v) is 1.41. The molecule has 0 saturated heterocycles. The molecule has 1 aromatic rings. The lowest BCUT2D eigenvalue weighted by atomic mass is 10.1. The molecule has 1 rings (SSSR count). The lowest BCUT2D eigenvalue weighted by molar-refractivity contribution is 0.107. The smallest absolute Gasteiger partial charge is 0.332 e. The summed E-state index contributed by atoms with van der Waals surface area (Å²) in [5.74, 6) is -0.292. The van der Waals surface area contributed by atoms with E-state index in [4.69, 9.17) is 5.73 Å². The Kier molecular flexibility index (Phi) is 3.37. The van der Waals surface area contributed by atoms with Crippen molar-refractivity contribution >= 4 is 18.0 Å². The number of hydrogen-bond donors (Lipinski definition) is 2. The largest absolute Gasteiger partial charge is 0.350 e. The second-order valence-electron chi connectivity index (χ2n) is 2.46. The normalized spacial score (nSPS) is 10.0. The first-order valence-corrected chi connectivity index (χ1v) is 3.88. The molecule has 72 valence electrons. The third-order valence-electron chi connectivity index (χ3n) is 1.41. The van der Waals surface area contributed by atoms with Crippen molar-refractivity contribution in [2.75, 3.05) is 0 Å². The minimum atomic E-state index is -0.804. The van der Waals surface area contributed by atoms with E-state index < -0.39 is 6.03 Å². The van der Waals surface area contributed by atoms with Crippen LogP contribution >= 0.6 is 0 Å². The second kappa shape index (κ2) is 4.76. The van der Waals surface area contributed by atoms with Crippen LogP contribution in [-0.2, 0) is 0 Å². The van der Waals surface area contributed by atoms with Crippen LogP contribution in [0.4, 0.5) is 4.79 Å². The molecule has 2 amide bonds.